The molecule has 1 aliphatic rings. The van der Waals surface area contributed by atoms with Gasteiger partial charge in [-0.2, -0.15) is 0 Å². The highest BCUT2D eigenvalue weighted by atomic mass is 35.5. The molecule has 0 bridgehead atoms. The Bertz CT molecular complexity index is 1070. The van der Waals surface area contributed by atoms with E-state index in [-0.39, 0.29) is 11.9 Å². The topological polar surface area (TPSA) is 108 Å². The molecule has 1 fully saturated rings. The standard InChI is InChI=1S/C21H21ClN6O2S/c22-14-4-1-3-13(9-14)17-10-16(19(29)26-15-5-2-6-23-11-15)20(31-17)28-21(30)27-18-12-24-7-8-25-18/h1,3-4,7-10,12,15,23H,2,5-6,11H2,(H,26,29)(H2,25,27,28,30)/t15-/m0/s1. The number of halogens is 1. The second-order valence-electron chi connectivity index (χ2n) is 7.05. The van der Waals surface area contributed by atoms with Gasteiger partial charge in [-0.1, -0.05) is 23.7 Å². The van der Waals surface area contributed by atoms with Crippen molar-refractivity contribution < 1.29 is 9.59 Å². The Labute approximate surface area is 188 Å². The number of hydrogen-bond donors (Lipinski definition) is 4. The molecule has 0 radical (unpaired) electrons. The van der Waals surface area contributed by atoms with Crippen molar-refractivity contribution in [1.82, 2.24) is 20.6 Å². The number of carbonyl (C=O) groups is 2. The van der Waals surface area contributed by atoms with Gasteiger partial charge in [0.15, 0.2) is 5.82 Å². The summed E-state index contributed by atoms with van der Waals surface area (Å²) in [7, 11) is 0. The van der Waals surface area contributed by atoms with Crippen molar-refractivity contribution in [2.45, 2.75) is 18.9 Å². The molecule has 160 valence electrons. The van der Waals surface area contributed by atoms with Crippen molar-refractivity contribution in [3.63, 3.8) is 0 Å². The van der Waals surface area contributed by atoms with E-state index in [0.29, 0.717) is 21.4 Å². The number of amides is 3. The van der Waals surface area contributed by atoms with E-state index >= 15 is 0 Å². The highest BCUT2D eigenvalue weighted by Gasteiger charge is 2.22. The molecule has 0 spiro atoms. The van der Waals surface area contributed by atoms with E-state index in [1.807, 2.05) is 18.2 Å². The lowest BCUT2D eigenvalue weighted by Crippen LogP contribution is -2.45. The molecule has 0 aliphatic carbocycles. The van der Waals surface area contributed by atoms with Gasteiger partial charge >= 0.3 is 6.03 Å². The maximum absolute atomic E-state index is 13.0. The van der Waals surface area contributed by atoms with Crippen LogP contribution in [0.15, 0.2) is 48.9 Å². The summed E-state index contributed by atoms with van der Waals surface area (Å²) in [6, 6.07) is 8.69. The minimum Gasteiger partial charge on any atom is -0.348 e. The Hall–Kier alpha value is -3.01. The van der Waals surface area contributed by atoms with E-state index in [1.54, 1.807) is 12.1 Å². The molecular weight excluding hydrogens is 436 g/mol. The SMILES string of the molecule is O=C(Nc1cnccn1)Nc1sc(-c2cccc(Cl)c2)cc1C(=O)N[C@H]1CCCNC1. The van der Waals surface area contributed by atoms with Crippen LogP contribution in [0.2, 0.25) is 5.02 Å². The van der Waals surface area contributed by atoms with Crippen molar-refractivity contribution in [3.8, 4) is 10.4 Å². The average molecular weight is 457 g/mol. The van der Waals surface area contributed by atoms with Crippen LogP contribution in [0.25, 0.3) is 10.4 Å². The molecule has 1 aliphatic heterocycles. The zero-order valence-electron chi connectivity index (χ0n) is 16.5. The number of hydrogen-bond acceptors (Lipinski definition) is 6. The quantitative estimate of drug-likeness (QED) is 0.464. The minimum atomic E-state index is -0.506. The van der Waals surface area contributed by atoms with Crippen LogP contribution in [0.1, 0.15) is 23.2 Å². The van der Waals surface area contributed by atoms with Gasteiger partial charge in [-0.15, -0.1) is 11.3 Å². The van der Waals surface area contributed by atoms with Crippen molar-refractivity contribution in [3.05, 3.63) is 59.5 Å². The second kappa shape index (κ2) is 9.86. The van der Waals surface area contributed by atoms with Crippen LogP contribution >= 0.6 is 22.9 Å². The van der Waals surface area contributed by atoms with Crippen LogP contribution < -0.4 is 21.3 Å². The van der Waals surface area contributed by atoms with Gasteiger partial charge in [-0.3, -0.25) is 20.4 Å². The Morgan fingerprint density at radius 3 is 2.84 bits per heavy atom. The van der Waals surface area contributed by atoms with Gasteiger partial charge < -0.3 is 10.6 Å². The molecule has 3 heterocycles. The molecule has 0 saturated carbocycles. The third-order valence-electron chi connectivity index (χ3n) is 4.75. The highest BCUT2D eigenvalue weighted by molar-refractivity contribution is 7.20. The number of nitrogens with one attached hydrogen (secondary N) is 4. The van der Waals surface area contributed by atoms with Crippen LogP contribution in [0, 0.1) is 0 Å². The van der Waals surface area contributed by atoms with E-state index in [9.17, 15) is 9.59 Å². The third-order valence-corrected chi connectivity index (χ3v) is 6.08. The number of thiophene rings is 1. The molecule has 2 aromatic heterocycles. The lowest BCUT2D eigenvalue weighted by molar-refractivity contribution is 0.0932. The normalized spacial score (nSPS) is 15.8. The summed E-state index contributed by atoms with van der Waals surface area (Å²) in [6.07, 6.45) is 6.36. The number of benzene rings is 1. The van der Waals surface area contributed by atoms with Gasteiger partial charge in [0, 0.05) is 34.9 Å². The van der Waals surface area contributed by atoms with Crippen molar-refractivity contribution >= 4 is 45.7 Å². The fourth-order valence-corrected chi connectivity index (χ4v) is 4.53. The number of anilines is 2. The van der Waals surface area contributed by atoms with Crippen molar-refractivity contribution in [2.75, 3.05) is 23.7 Å². The van der Waals surface area contributed by atoms with Crippen LogP contribution in [0.4, 0.5) is 15.6 Å². The number of rotatable bonds is 5. The average Bonchev–Trinajstić information content (AvgIpc) is 3.19. The van der Waals surface area contributed by atoms with Crippen LogP contribution in [-0.2, 0) is 0 Å². The van der Waals surface area contributed by atoms with E-state index < -0.39 is 6.03 Å². The molecule has 8 nitrogen and oxygen atoms in total. The Morgan fingerprint density at radius 1 is 1.19 bits per heavy atom. The first kappa shape index (κ1) is 21.2. The van der Waals surface area contributed by atoms with Crippen molar-refractivity contribution in [2.24, 2.45) is 0 Å². The van der Waals surface area contributed by atoms with Gasteiger partial charge in [0.1, 0.15) is 5.00 Å². The summed E-state index contributed by atoms with van der Waals surface area (Å²) >= 11 is 7.44. The maximum atomic E-state index is 13.0. The molecule has 10 heteroatoms. The number of aromatic nitrogens is 2. The first-order valence-corrected chi connectivity index (χ1v) is 11.0. The summed E-state index contributed by atoms with van der Waals surface area (Å²) in [5.41, 5.74) is 1.27. The van der Waals surface area contributed by atoms with Crippen molar-refractivity contribution in [1.29, 1.82) is 0 Å². The largest absolute Gasteiger partial charge is 0.348 e. The van der Waals surface area contributed by atoms with Gasteiger partial charge in [-0.05, 0) is 43.1 Å². The summed E-state index contributed by atoms with van der Waals surface area (Å²) in [6.45, 7) is 1.69. The van der Waals surface area contributed by atoms with Gasteiger partial charge in [0.05, 0.1) is 11.8 Å². The highest BCUT2D eigenvalue weighted by Crippen LogP contribution is 2.36. The van der Waals surface area contributed by atoms with Gasteiger partial charge in [0.25, 0.3) is 5.91 Å². The Kier molecular flexibility index (Phi) is 6.76. The molecule has 3 amide bonds. The molecule has 3 aromatic rings. The Morgan fingerprint density at radius 2 is 2.10 bits per heavy atom. The zero-order chi connectivity index (χ0) is 21.6. The number of urea groups is 1. The molecule has 1 aromatic carbocycles. The summed E-state index contributed by atoms with van der Waals surface area (Å²) in [5, 5.41) is 12.8. The fourth-order valence-electron chi connectivity index (χ4n) is 3.29. The molecule has 4 N–H and O–H groups in total. The fraction of sp³-hybridized carbons (Fsp3) is 0.238. The van der Waals surface area contributed by atoms with Crippen LogP contribution in [0.5, 0.6) is 0 Å². The number of nitrogens with zero attached hydrogens (tertiary/aromatic N) is 2. The predicted octanol–water partition coefficient (Wildman–Crippen LogP) is 3.98. The second-order valence-corrected chi connectivity index (χ2v) is 8.54. The first-order valence-electron chi connectivity index (χ1n) is 9.84. The van der Waals surface area contributed by atoms with E-state index in [4.69, 9.17) is 11.6 Å². The molecule has 1 saturated heterocycles. The maximum Gasteiger partial charge on any atom is 0.325 e. The van der Waals surface area contributed by atoms with Gasteiger partial charge in [0.2, 0.25) is 0 Å². The van der Waals surface area contributed by atoms with Gasteiger partial charge in [-0.25, -0.2) is 9.78 Å². The first-order chi connectivity index (χ1) is 15.1. The summed E-state index contributed by atoms with van der Waals surface area (Å²) in [5.74, 6) is 0.0823. The lowest BCUT2D eigenvalue weighted by Gasteiger charge is -2.23. The Balaban J connectivity index is 1.58. The molecule has 0 unspecified atom stereocenters. The number of carbonyl (C=O) groups excluding carboxylic acids is 2. The number of piperidine rings is 1. The predicted molar refractivity (Wildman–Crippen MR) is 123 cm³/mol. The molecule has 1 atom stereocenters. The summed E-state index contributed by atoms with van der Waals surface area (Å²) in [4.78, 5) is 34.3. The molecule has 31 heavy (non-hydrogen) atoms. The molecule has 4 rings (SSSR count). The monoisotopic (exact) mass is 456 g/mol. The van der Waals surface area contributed by atoms with E-state index in [1.165, 1.54) is 29.9 Å². The minimum absolute atomic E-state index is 0.0528. The summed E-state index contributed by atoms with van der Waals surface area (Å²) < 4.78 is 0. The van der Waals surface area contributed by atoms with Crippen LogP contribution in [0.3, 0.4) is 0 Å². The third kappa shape index (κ3) is 5.57. The lowest BCUT2D eigenvalue weighted by atomic mass is 10.1. The van der Waals surface area contributed by atoms with E-state index in [0.717, 1.165) is 36.4 Å². The molecular formula is C21H21ClN6O2S. The smallest absolute Gasteiger partial charge is 0.325 e. The zero-order valence-corrected chi connectivity index (χ0v) is 18.1. The van der Waals surface area contributed by atoms with E-state index in [2.05, 4.69) is 31.2 Å². The van der Waals surface area contributed by atoms with Crippen LogP contribution in [-0.4, -0.2) is 41.0 Å².